The zero-order chi connectivity index (χ0) is 23.2. The summed E-state index contributed by atoms with van der Waals surface area (Å²) in [5.74, 6) is 0. The van der Waals surface area contributed by atoms with Gasteiger partial charge in [0.05, 0.1) is 0 Å². The molecule has 4 atom stereocenters. The summed E-state index contributed by atoms with van der Waals surface area (Å²) in [4.78, 5) is 0. The van der Waals surface area contributed by atoms with Gasteiger partial charge in [-0.05, 0) is 0 Å². The number of allylic oxidation sites excluding steroid dienone is 2. The van der Waals surface area contributed by atoms with E-state index in [1.807, 2.05) is 0 Å². The number of fused-ring (bicyclic) bond motifs is 3. The molecular weight excluding hydrogens is 634 g/mol. The molecule has 1 saturated carbocycles. The Morgan fingerprint density at radius 2 is 0.971 bits per heavy atom. The van der Waals surface area contributed by atoms with Crippen LogP contribution in [0.4, 0.5) is 0 Å². The van der Waals surface area contributed by atoms with Crippen LogP contribution in [-0.4, -0.2) is 0 Å². The predicted octanol–water partition coefficient (Wildman–Crippen LogP) is 10.5. The average Bonchev–Trinajstić information content (AvgIpc) is 3.08. The molecule has 0 bridgehead atoms. The molecule has 3 heteroatoms. The maximum Gasteiger partial charge on any atom is -0.147 e. The molecule has 4 aliphatic rings. The third kappa shape index (κ3) is 4.02. The van der Waals surface area contributed by atoms with Crippen molar-refractivity contribution in [1.82, 2.24) is 0 Å². The van der Waals surface area contributed by atoms with Gasteiger partial charge < -0.3 is 0 Å². The molecule has 2 aromatic rings. The summed E-state index contributed by atoms with van der Waals surface area (Å²) >= 11 is -3.02. The van der Waals surface area contributed by atoms with Crippen molar-refractivity contribution < 1.29 is 20.0 Å². The first-order valence-electron chi connectivity index (χ1n) is 13.3. The summed E-state index contributed by atoms with van der Waals surface area (Å²) in [7, 11) is 0. The van der Waals surface area contributed by atoms with Gasteiger partial charge in [-0.15, -0.1) is 24.8 Å². The summed E-state index contributed by atoms with van der Waals surface area (Å²) in [5.41, 5.74) is 10.5. The van der Waals surface area contributed by atoms with Gasteiger partial charge in [0.25, 0.3) is 0 Å². The normalized spacial score (nSPS) is 30.7. The van der Waals surface area contributed by atoms with Crippen LogP contribution in [-0.2, 0) is 20.0 Å². The maximum absolute atomic E-state index is 3.02. The molecule has 0 radical (unpaired) electrons. The standard InChI is InChI=1S/2C13H15.C6H10.2ClH.Hf/c2*1-13(2,3)12-8-10-6-4-5-7-11(10)9-12;1-2-4-6-5-3-1;;;/h2*4-9H,1-3H3;1-2H,3-6H2;2*1H;. The Bertz CT molecular complexity index is 1080. The molecule has 4 unspecified atom stereocenters. The molecule has 0 amide bonds. The summed E-state index contributed by atoms with van der Waals surface area (Å²) in [6.07, 6.45) is 11.2. The average molecular weight is 676 g/mol. The van der Waals surface area contributed by atoms with Crippen LogP contribution in [0.5, 0.6) is 0 Å². The van der Waals surface area contributed by atoms with Crippen LogP contribution in [0.2, 0.25) is 7.35 Å². The smallest absolute Gasteiger partial charge is 0.147 e. The Hall–Kier alpha value is -0.630. The number of rotatable bonds is 2. The molecule has 1 aliphatic heterocycles. The van der Waals surface area contributed by atoms with E-state index in [1.165, 1.54) is 36.8 Å². The van der Waals surface area contributed by atoms with Gasteiger partial charge >= 0.3 is 207 Å². The number of halogens is 2. The third-order valence-electron chi connectivity index (χ3n) is 9.53. The Morgan fingerprint density at radius 3 is 1.34 bits per heavy atom. The molecular formula is C32H42Cl2Hf. The van der Waals surface area contributed by atoms with E-state index < -0.39 is 20.0 Å². The van der Waals surface area contributed by atoms with Crippen LogP contribution in [0, 0.1) is 10.8 Å². The van der Waals surface area contributed by atoms with Gasteiger partial charge in [-0.25, -0.2) is 0 Å². The Morgan fingerprint density at radius 1 is 0.600 bits per heavy atom. The van der Waals surface area contributed by atoms with Gasteiger partial charge in [0, 0.05) is 0 Å². The first-order valence-corrected chi connectivity index (χ1v) is 21.6. The molecule has 0 aromatic heterocycles. The van der Waals surface area contributed by atoms with Crippen molar-refractivity contribution in [2.24, 2.45) is 10.8 Å². The fraction of sp³-hybridized carbons (Fsp3) is 0.500. The van der Waals surface area contributed by atoms with Gasteiger partial charge in [0.1, 0.15) is 0 Å². The minimum absolute atomic E-state index is 0. The molecule has 0 spiro atoms. The number of hydrogen-bond acceptors (Lipinski definition) is 0. The minimum atomic E-state index is -3.02. The van der Waals surface area contributed by atoms with Crippen LogP contribution in [0.1, 0.15) is 96.8 Å². The van der Waals surface area contributed by atoms with E-state index in [-0.39, 0.29) is 35.6 Å². The molecule has 2 fully saturated rings. The molecule has 1 heterocycles. The second kappa shape index (κ2) is 9.28. The van der Waals surface area contributed by atoms with E-state index >= 15 is 0 Å². The predicted molar refractivity (Wildman–Crippen MR) is 154 cm³/mol. The van der Waals surface area contributed by atoms with E-state index in [0.717, 1.165) is 14.7 Å². The van der Waals surface area contributed by atoms with E-state index in [1.54, 1.807) is 22.3 Å². The van der Waals surface area contributed by atoms with E-state index in [9.17, 15) is 0 Å². The van der Waals surface area contributed by atoms with Gasteiger partial charge in [-0.1, -0.05) is 0 Å². The minimum Gasteiger partial charge on any atom is -0.147 e. The maximum atomic E-state index is 2.63. The van der Waals surface area contributed by atoms with Crippen molar-refractivity contribution in [1.29, 1.82) is 0 Å². The van der Waals surface area contributed by atoms with Gasteiger partial charge in [0.15, 0.2) is 0 Å². The first kappa shape index (κ1) is 27.4. The molecule has 188 valence electrons. The van der Waals surface area contributed by atoms with Gasteiger partial charge in [0.2, 0.25) is 0 Å². The van der Waals surface area contributed by atoms with Gasteiger partial charge in [-0.2, -0.15) is 0 Å². The molecule has 0 nitrogen and oxygen atoms in total. The van der Waals surface area contributed by atoms with Crippen molar-refractivity contribution in [2.75, 3.05) is 0 Å². The fourth-order valence-electron chi connectivity index (χ4n) is 8.27. The fourth-order valence-corrected chi connectivity index (χ4v) is 45.1. The van der Waals surface area contributed by atoms with Crippen LogP contribution in [0.15, 0.2) is 59.7 Å². The molecule has 3 aliphatic carbocycles. The van der Waals surface area contributed by atoms with Crippen molar-refractivity contribution in [2.45, 2.75) is 81.9 Å². The second-order valence-electron chi connectivity index (χ2n) is 13.3. The monoisotopic (exact) mass is 676 g/mol. The Balaban J connectivity index is 0.00000144. The zero-order valence-electron chi connectivity index (χ0n) is 22.2. The number of benzene rings is 2. The molecule has 2 aromatic carbocycles. The van der Waals surface area contributed by atoms with Gasteiger partial charge in [-0.3, -0.25) is 0 Å². The van der Waals surface area contributed by atoms with Crippen LogP contribution >= 0.6 is 24.8 Å². The van der Waals surface area contributed by atoms with E-state index in [0.29, 0.717) is 0 Å². The molecule has 0 N–H and O–H groups in total. The van der Waals surface area contributed by atoms with Crippen LogP contribution in [0.25, 0.3) is 12.2 Å². The van der Waals surface area contributed by atoms with E-state index in [4.69, 9.17) is 0 Å². The van der Waals surface area contributed by atoms with E-state index in [2.05, 4.69) is 102 Å². The molecule has 1 saturated heterocycles. The summed E-state index contributed by atoms with van der Waals surface area (Å²) in [5, 5.41) is 0. The topological polar surface area (TPSA) is 0 Å². The molecule has 35 heavy (non-hydrogen) atoms. The largest absolute Gasteiger partial charge is 0.147 e. The van der Waals surface area contributed by atoms with Crippen LogP contribution < -0.4 is 0 Å². The Labute approximate surface area is 230 Å². The SMILES string of the molecule is CC(C)(C)C1=Cc2ccccc2[CH]1[Hf]1([CH]2C(C(C)(C)C)=Cc3ccccc32)[CH]2CCCC[CH]21.Cl.Cl. The third-order valence-corrected chi connectivity index (χ3v) is 34.0. The second-order valence-corrected chi connectivity index (χ2v) is 30.0. The van der Waals surface area contributed by atoms with Crippen molar-refractivity contribution in [3.63, 3.8) is 0 Å². The summed E-state index contributed by atoms with van der Waals surface area (Å²) in [6.45, 7) is 14.9. The van der Waals surface area contributed by atoms with Crippen molar-refractivity contribution >= 4 is 37.0 Å². The summed E-state index contributed by atoms with van der Waals surface area (Å²) < 4.78 is 3.64. The quantitative estimate of drug-likeness (QED) is 0.278. The molecule has 6 rings (SSSR count). The van der Waals surface area contributed by atoms with Crippen LogP contribution in [0.3, 0.4) is 0 Å². The van der Waals surface area contributed by atoms with Crippen molar-refractivity contribution in [3.05, 3.63) is 81.9 Å². The van der Waals surface area contributed by atoms with Crippen molar-refractivity contribution in [3.8, 4) is 0 Å². The Kier molecular flexibility index (Phi) is 7.27. The number of hydrogen-bond donors (Lipinski definition) is 0. The first-order chi connectivity index (χ1) is 15.6. The zero-order valence-corrected chi connectivity index (χ0v) is 27.5. The summed E-state index contributed by atoms with van der Waals surface area (Å²) in [6, 6.07) is 19.0.